The molecule has 0 aliphatic carbocycles. The maximum absolute atomic E-state index is 11.4. The molecule has 18 heavy (non-hydrogen) atoms. The van der Waals surface area contributed by atoms with Crippen LogP contribution >= 0.6 is 11.8 Å². The quantitative estimate of drug-likeness (QED) is 0.504. The Morgan fingerprint density at radius 3 is 2.33 bits per heavy atom. The largest absolute Gasteiger partial charge is 0.481 e. The fourth-order valence-corrected chi connectivity index (χ4v) is 1.88. The summed E-state index contributed by atoms with van der Waals surface area (Å²) < 4.78 is 0. The number of carboxylic acid groups (broad SMARTS) is 2. The van der Waals surface area contributed by atoms with Gasteiger partial charge in [0, 0.05) is 6.54 Å². The van der Waals surface area contributed by atoms with Gasteiger partial charge in [-0.25, -0.2) is 9.59 Å². The van der Waals surface area contributed by atoms with E-state index in [4.69, 9.17) is 10.2 Å². The Balaban J connectivity index is 4.10. The SMILES string of the molecule is CSCC(C)CNC(=O)NC(CC(=O)O)C(=O)O. The van der Waals surface area contributed by atoms with E-state index >= 15 is 0 Å². The molecule has 0 bridgehead atoms. The normalized spacial score (nSPS) is 13.4. The minimum Gasteiger partial charge on any atom is -0.481 e. The van der Waals surface area contributed by atoms with Crippen LogP contribution in [0.2, 0.25) is 0 Å². The third-order valence-electron chi connectivity index (χ3n) is 2.04. The van der Waals surface area contributed by atoms with Gasteiger partial charge < -0.3 is 20.8 Å². The van der Waals surface area contributed by atoms with Gasteiger partial charge >= 0.3 is 18.0 Å². The number of amides is 2. The molecule has 0 spiro atoms. The van der Waals surface area contributed by atoms with Gasteiger partial charge in [-0.3, -0.25) is 4.79 Å². The Bertz CT molecular complexity index is 311. The van der Waals surface area contributed by atoms with Crippen LogP contribution in [0.15, 0.2) is 0 Å². The summed E-state index contributed by atoms with van der Waals surface area (Å²) in [5.41, 5.74) is 0. The number of carbonyl (C=O) groups is 3. The topological polar surface area (TPSA) is 116 Å². The van der Waals surface area contributed by atoms with Crippen LogP contribution in [0, 0.1) is 5.92 Å². The lowest BCUT2D eigenvalue weighted by atomic mass is 10.2. The Morgan fingerprint density at radius 1 is 1.28 bits per heavy atom. The highest BCUT2D eigenvalue weighted by Crippen LogP contribution is 2.02. The second kappa shape index (κ2) is 8.62. The van der Waals surface area contributed by atoms with Gasteiger partial charge in [0.25, 0.3) is 0 Å². The summed E-state index contributed by atoms with van der Waals surface area (Å²) in [7, 11) is 0. The molecule has 0 aliphatic heterocycles. The van der Waals surface area contributed by atoms with Crippen LogP contribution in [0.1, 0.15) is 13.3 Å². The number of hydrogen-bond acceptors (Lipinski definition) is 4. The fourth-order valence-electron chi connectivity index (χ4n) is 1.19. The van der Waals surface area contributed by atoms with Gasteiger partial charge in [-0.05, 0) is 17.9 Å². The molecular formula is C10H18N2O5S. The van der Waals surface area contributed by atoms with Crippen molar-refractivity contribution in [3.8, 4) is 0 Å². The highest BCUT2D eigenvalue weighted by Gasteiger charge is 2.22. The average Bonchev–Trinajstić information content (AvgIpc) is 2.25. The maximum Gasteiger partial charge on any atom is 0.326 e. The first-order valence-electron chi connectivity index (χ1n) is 5.34. The molecular weight excluding hydrogens is 260 g/mol. The lowest BCUT2D eigenvalue weighted by molar-refractivity contribution is -0.145. The van der Waals surface area contributed by atoms with Crippen LogP contribution in [0.3, 0.4) is 0 Å². The van der Waals surface area contributed by atoms with Crippen molar-refractivity contribution in [2.45, 2.75) is 19.4 Å². The third-order valence-corrected chi connectivity index (χ3v) is 2.95. The lowest BCUT2D eigenvalue weighted by Crippen LogP contribution is -2.47. The third kappa shape index (κ3) is 7.77. The van der Waals surface area contributed by atoms with Gasteiger partial charge in [-0.15, -0.1) is 0 Å². The number of carboxylic acids is 2. The van der Waals surface area contributed by atoms with Crippen molar-refractivity contribution in [1.82, 2.24) is 10.6 Å². The van der Waals surface area contributed by atoms with E-state index in [1.807, 2.05) is 13.2 Å². The molecule has 8 heteroatoms. The number of hydrogen-bond donors (Lipinski definition) is 4. The molecule has 4 N–H and O–H groups in total. The summed E-state index contributed by atoms with van der Waals surface area (Å²) in [6, 6.07) is -2.09. The fraction of sp³-hybridized carbons (Fsp3) is 0.700. The molecule has 0 aliphatic rings. The summed E-state index contributed by atoms with van der Waals surface area (Å²) >= 11 is 1.65. The Kier molecular flexibility index (Phi) is 7.93. The molecule has 0 rings (SSSR count). The van der Waals surface area contributed by atoms with E-state index in [-0.39, 0.29) is 5.92 Å². The van der Waals surface area contributed by atoms with Crippen LogP contribution in [0.25, 0.3) is 0 Å². The Labute approximate surface area is 109 Å². The summed E-state index contributed by atoms with van der Waals surface area (Å²) in [5.74, 6) is -1.52. The zero-order valence-corrected chi connectivity index (χ0v) is 11.1. The number of rotatable bonds is 8. The highest BCUT2D eigenvalue weighted by atomic mass is 32.2. The number of urea groups is 1. The van der Waals surface area contributed by atoms with Crippen LogP contribution in [0.5, 0.6) is 0 Å². The zero-order valence-electron chi connectivity index (χ0n) is 10.3. The van der Waals surface area contributed by atoms with E-state index < -0.39 is 30.4 Å². The van der Waals surface area contributed by atoms with Crippen LogP contribution in [0.4, 0.5) is 4.79 Å². The number of aliphatic carboxylic acids is 2. The van der Waals surface area contributed by atoms with Gasteiger partial charge in [-0.2, -0.15) is 11.8 Å². The number of carbonyl (C=O) groups excluding carboxylic acids is 1. The monoisotopic (exact) mass is 278 g/mol. The molecule has 0 saturated carbocycles. The van der Waals surface area contributed by atoms with Crippen molar-refractivity contribution in [2.75, 3.05) is 18.6 Å². The van der Waals surface area contributed by atoms with Crippen molar-refractivity contribution in [3.63, 3.8) is 0 Å². The standard InChI is InChI=1S/C10H18N2O5S/c1-6(5-18-2)4-11-10(17)12-7(9(15)16)3-8(13)14/h6-7H,3-5H2,1-2H3,(H,13,14)(H,15,16)(H2,11,12,17). The van der Waals surface area contributed by atoms with Crippen molar-refractivity contribution < 1.29 is 24.6 Å². The van der Waals surface area contributed by atoms with Crippen molar-refractivity contribution in [2.24, 2.45) is 5.92 Å². The lowest BCUT2D eigenvalue weighted by Gasteiger charge is -2.15. The van der Waals surface area contributed by atoms with Crippen molar-refractivity contribution >= 4 is 29.7 Å². The van der Waals surface area contributed by atoms with E-state index in [9.17, 15) is 14.4 Å². The first-order valence-corrected chi connectivity index (χ1v) is 6.74. The van der Waals surface area contributed by atoms with Crippen molar-refractivity contribution in [3.05, 3.63) is 0 Å². The van der Waals surface area contributed by atoms with Gasteiger partial charge in [0.05, 0.1) is 6.42 Å². The van der Waals surface area contributed by atoms with Gasteiger partial charge in [0.15, 0.2) is 0 Å². The number of thioether (sulfide) groups is 1. The summed E-state index contributed by atoms with van der Waals surface area (Å²) in [4.78, 5) is 32.5. The molecule has 0 saturated heterocycles. The average molecular weight is 278 g/mol. The molecule has 104 valence electrons. The van der Waals surface area contributed by atoms with E-state index in [2.05, 4.69) is 10.6 Å². The molecule has 0 heterocycles. The second-order valence-corrected chi connectivity index (χ2v) is 4.81. The summed E-state index contributed by atoms with van der Waals surface area (Å²) in [5, 5.41) is 21.8. The molecule has 0 aromatic carbocycles. The van der Waals surface area contributed by atoms with E-state index in [0.717, 1.165) is 5.75 Å². The zero-order chi connectivity index (χ0) is 14.1. The molecule has 2 unspecified atom stereocenters. The number of nitrogens with one attached hydrogen (secondary N) is 2. The summed E-state index contributed by atoms with van der Waals surface area (Å²) in [6.45, 7) is 2.36. The van der Waals surface area contributed by atoms with Crippen LogP contribution in [-0.4, -0.2) is 52.8 Å². The predicted molar refractivity (Wildman–Crippen MR) is 67.8 cm³/mol. The second-order valence-electron chi connectivity index (χ2n) is 3.90. The minimum atomic E-state index is -1.42. The molecule has 2 atom stereocenters. The summed E-state index contributed by atoms with van der Waals surface area (Å²) in [6.07, 6.45) is 1.30. The smallest absolute Gasteiger partial charge is 0.326 e. The molecule has 7 nitrogen and oxygen atoms in total. The van der Waals surface area contributed by atoms with Crippen LogP contribution < -0.4 is 10.6 Å². The molecule has 2 amide bonds. The van der Waals surface area contributed by atoms with Crippen LogP contribution in [-0.2, 0) is 9.59 Å². The molecule has 0 fully saturated rings. The van der Waals surface area contributed by atoms with Gasteiger partial charge in [0.2, 0.25) is 0 Å². The first-order chi connectivity index (χ1) is 8.36. The van der Waals surface area contributed by atoms with Gasteiger partial charge in [0.1, 0.15) is 6.04 Å². The van der Waals surface area contributed by atoms with Crippen molar-refractivity contribution in [1.29, 1.82) is 0 Å². The maximum atomic E-state index is 11.4. The van der Waals surface area contributed by atoms with E-state index in [1.165, 1.54) is 0 Å². The highest BCUT2D eigenvalue weighted by molar-refractivity contribution is 7.98. The van der Waals surface area contributed by atoms with E-state index in [1.54, 1.807) is 11.8 Å². The Hall–Kier alpha value is -1.44. The molecule has 0 radical (unpaired) electrons. The predicted octanol–water partition coefficient (Wildman–Crippen LogP) is 0.213. The molecule has 0 aromatic rings. The van der Waals surface area contributed by atoms with Gasteiger partial charge in [-0.1, -0.05) is 6.92 Å². The Morgan fingerprint density at radius 2 is 1.89 bits per heavy atom. The molecule has 0 aromatic heterocycles. The first kappa shape index (κ1) is 16.6. The minimum absolute atomic E-state index is 0.258. The van der Waals surface area contributed by atoms with E-state index in [0.29, 0.717) is 6.54 Å².